The number of aliphatic hydroxyl groups is 1. The van der Waals surface area contributed by atoms with Gasteiger partial charge in [0.05, 0.1) is 10.9 Å². The summed E-state index contributed by atoms with van der Waals surface area (Å²) in [5.41, 5.74) is 5.69. The minimum absolute atomic E-state index is 0. The van der Waals surface area contributed by atoms with Crippen LogP contribution in [0.2, 0.25) is 4.34 Å². The van der Waals surface area contributed by atoms with Gasteiger partial charge in [0.25, 0.3) is 0 Å². The lowest BCUT2D eigenvalue weighted by Crippen LogP contribution is -2.31. The summed E-state index contributed by atoms with van der Waals surface area (Å²) in [5.74, 6) is 0. The van der Waals surface area contributed by atoms with Gasteiger partial charge in [0, 0.05) is 16.3 Å². The van der Waals surface area contributed by atoms with Crippen molar-refractivity contribution >= 4 is 35.3 Å². The molecule has 0 bridgehead atoms. The van der Waals surface area contributed by atoms with Crippen LogP contribution in [0.4, 0.5) is 0 Å². The van der Waals surface area contributed by atoms with Crippen LogP contribution in [-0.2, 0) is 0 Å². The zero-order valence-electron chi connectivity index (χ0n) is 8.16. The van der Waals surface area contributed by atoms with E-state index in [4.69, 9.17) is 22.4 Å². The third-order valence-corrected chi connectivity index (χ3v) is 3.46. The first-order chi connectivity index (χ1) is 5.97. The molecule has 82 valence electrons. The predicted octanol–water partition coefficient (Wildman–Crippen LogP) is 2.84. The first-order valence-electron chi connectivity index (χ1n) is 4.09. The Morgan fingerprint density at radius 1 is 1.57 bits per heavy atom. The highest BCUT2D eigenvalue weighted by Crippen LogP contribution is 2.35. The van der Waals surface area contributed by atoms with Crippen LogP contribution in [0.15, 0.2) is 12.1 Å². The minimum Gasteiger partial charge on any atom is -0.396 e. The van der Waals surface area contributed by atoms with Gasteiger partial charge in [0.2, 0.25) is 0 Å². The number of nitrogens with two attached hydrogens (primary N) is 1. The summed E-state index contributed by atoms with van der Waals surface area (Å²) in [7, 11) is 0. The lowest BCUT2D eigenvalue weighted by Gasteiger charge is -2.28. The van der Waals surface area contributed by atoms with E-state index < -0.39 is 0 Å². The lowest BCUT2D eigenvalue weighted by molar-refractivity contribution is 0.133. The summed E-state index contributed by atoms with van der Waals surface area (Å²) >= 11 is 7.27. The van der Waals surface area contributed by atoms with Gasteiger partial charge in [-0.15, -0.1) is 23.7 Å². The molecular formula is C9H15Cl2NOS. The molecule has 1 atom stereocenters. The van der Waals surface area contributed by atoms with E-state index in [2.05, 4.69) is 0 Å². The summed E-state index contributed by atoms with van der Waals surface area (Å²) in [6, 6.07) is 3.58. The summed E-state index contributed by atoms with van der Waals surface area (Å²) < 4.78 is 0.735. The van der Waals surface area contributed by atoms with Crippen molar-refractivity contribution in [3.63, 3.8) is 0 Å². The van der Waals surface area contributed by atoms with Crippen LogP contribution < -0.4 is 5.73 Å². The fourth-order valence-electron chi connectivity index (χ4n) is 0.979. The molecule has 0 saturated heterocycles. The molecule has 0 unspecified atom stereocenters. The Balaban J connectivity index is 0.00000169. The second kappa shape index (κ2) is 5.33. The van der Waals surface area contributed by atoms with E-state index in [-0.39, 0.29) is 30.5 Å². The Hall–Kier alpha value is 0.200. The van der Waals surface area contributed by atoms with Gasteiger partial charge in [-0.05, 0) is 12.1 Å². The average Bonchev–Trinajstić information content (AvgIpc) is 2.50. The monoisotopic (exact) mass is 255 g/mol. The number of halogens is 2. The van der Waals surface area contributed by atoms with Crippen LogP contribution in [0, 0.1) is 5.41 Å². The molecule has 0 radical (unpaired) electrons. The van der Waals surface area contributed by atoms with Crippen LogP contribution in [0.1, 0.15) is 24.8 Å². The van der Waals surface area contributed by atoms with Crippen molar-refractivity contribution in [2.24, 2.45) is 11.1 Å². The summed E-state index contributed by atoms with van der Waals surface area (Å²) in [5, 5.41) is 9.12. The summed E-state index contributed by atoms with van der Waals surface area (Å²) in [6.45, 7) is 3.94. The van der Waals surface area contributed by atoms with E-state index in [0.717, 1.165) is 9.21 Å². The summed E-state index contributed by atoms with van der Waals surface area (Å²) in [6.07, 6.45) is 0. The smallest absolute Gasteiger partial charge is 0.0931 e. The molecule has 0 fully saturated rings. The van der Waals surface area contributed by atoms with E-state index in [0.29, 0.717) is 0 Å². The minimum atomic E-state index is -0.297. The van der Waals surface area contributed by atoms with Gasteiger partial charge in [0.1, 0.15) is 0 Å². The number of aliphatic hydroxyl groups excluding tert-OH is 1. The van der Waals surface area contributed by atoms with Gasteiger partial charge in [-0.2, -0.15) is 0 Å². The molecule has 0 aromatic carbocycles. The van der Waals surface area contributed by atoms with Gasteiger partial charge in [0.15, 0.2) is 0 Å². The van der Waals surface area contributed by atoms with Crippen molar-refractivity contribution in [3.8, 4) is 0 Å². The highest BCUT2D eigenvalue weighted by molar-refractivity contribution is 7.16. The van der Waals surface area contributed by atoms with E-state index >= 15 is 0 Å². The topological polar surface area (TPSA) is 46.2 Å². The van der Waals surface area contributed by atoms with Crippen LogP contribution >= 0.6 is 35.3 Å². The molecule has 1 heterocycles. The standard InChI is InChI=1S/C9H14ClNOS.ClH/c1-9(2,5-12)8(11)6-3-4-7(10)13-6;/h3-4,8,12H,5,11H2,1-2H3;1H/t8-;/m0./s1. The zero-order chi connectivity index (χ0) is 10.1. The van der Waals surface area contributed by atoms with Gasteiger partial charge in [-0.25, -0.2) is 0 Å². The van der Waals surface area contributed by atoms with Crippen LogP contribution in [0.25, 0.3) is 0 Å². The Bertz CT molecular complexity index is 288. The number of rotatable bonds is 3. The maximum absolute atomic E-state index is 9.12. The van der Waals surface area contributed by atoms with Crippen molar-refractivity contribution in [1.29, 1.82) is 0 Å². The van der Waals surface area contributed by atoms with Gasteiger partial charge in [-0.3, -0.25) is 0 Å². The Kier molecular flexibility index (Phi) is 5.41. The van der Waals surface area contributed by atoms with Crippen molar-refractivity contribution in [1.82, 2.24) is 0 Å². The van der Waals surface area contributed by atoms with Crippen molar-refractivity contribution < 1.29 is 5.11 Å². The van der Waals surface area contributed by atoms with Crippen molar-refractivity contribution in [3.05, 3.63) is 21.3 Å². The third kappa shape index (κ3) is 3.11. The fourth-order valence-corrected chi connectivity index (χ4v) is 2.25. The molecule has 1 aromatic rings. The number of hydrogen-bond acceptors (Lipinski definition) is 3. The number of thiophene rings is 1. The van der Waals surface area contributed by atoms with Crippen LogP contribution in [0.5, 0.6) is 0 Å². The SMILES string of the molecule is CC(C)(CO)[C@@H](N)c1ccc(Cl)s1.Cl. The van der Waals surface area contributed by atoms with Gasteiger partial charge >= 0.3 is 0 Å². The second-order valence-electron chi connectivity index (χ2n) is 3.77. The third-order valence-electron chi connectivity index (χ3n) is 2.15. The molecule has 14 heavy (non-hydrogen) atoms. The first-order valence-corrected chi connectivity index (χ1v) is 5.28. The molecule has 0 aliphatic carbocycles. The van der Waals surface area contributed by atoms with E-state index in [1.54, 1.807) is 0 Å². The fraction of sp³-hybridized carbons (Fsp3) is 0.556. The quantitative estimate of drug-likeness (QED) is 0.873. The lowest BCUT2D eigenvalue weighted by atomic mass is 9.85. The predicted molar refractivity (Wildman–Crippen MR) is 64.4 cm³/mol. The molecule has 0 aliphatic rings. The molecule has 0 saturated carbocycles. The van der Waals surface area contributed by atoms with Crippen molar-refractivity contribution in [2.75, 3.05) is 6.61 Å². The molecule has 1 rings (SSSR count). The Morgan fingerprint density at radius 2 is 2.14 bits per heavy atom. The average molecular weight is 256 g/mol. The summed E-state index contributed by atoms with van der Waals surface area (Å²) in [4.78, 5) is 1.02. The maximum atomic E-state index is 9.12. The molecular weight excluding hydrogens is 241 g/mol. The first kappa shape index (κ1) is 14.2. The molecule has 5 heteroatoms. The van der Waals surface area contributed by atoms with Crippen molar-refractivity contribution in [2.45, 2.75) is 19.9 Å². The highest BCUT2D eigenvalue weighted by atomic mass is 35.5. The van der Waals surface area contributed by atoms with Crippen LogP contribution in [0.3, 0.4) is 0 Å². The van der Waals surface area contributed by atoms with E-state index in [1.807, 2.05) is 26.0 Å². The number of hydrogen-bond donors (Lipinski definition) is 2. The Morgan fingerprint density at radius 3 is 2.50 bits per heavy atom. The highest BCUT2D eigenvalue weighted by Gasteiger charge is 2.27. The molecule has 2 nitrogen and oxygen atoms in total. The normalized spacial score (nSPS) is 13.5. The second-order valence-corrected chi connectivity index (χ2v) is 5.51. The molecule has 0 aliphatic heterocycles. The molecule has 1 aromatic heterocycles. The van der Waals surface area contributed by atoms with Gasteiger partial charge in [-0.1, -0.05) is 25.4 Å². The maximum Gasteiger partial charge on any atom is 0.0931 e. The Labute approximate surface area is 99.5 Å². The molecule has 3 N–H and O–H groups in total. The van der Waals surface area contributed by atoms with E-state index in [1.165, 1.54) is 11.3 Å². The van der Waals surface area contributed by atoms with E-state index in [9.17, 15) is 0 Å². The largest absolute Gasteiger partial charge is 0.396 e. The molecule has 0 amide bonds. The molecule has 0 spiro atoms. The van der Waals surface area contributed by atoms with Crippen LogP contribution in [-0.4, -0.2) is 11.7 Å². The van der Waals surface area contributed by atoms with Gasteiger partial charge < -0.3 is 10.8 Å². The zero-order valence-corrected chi connectivity index (χ0v) is 10.5.